The average Bonchev–Trinajstić information content (AvgIpc) is 1.91. The molecule has 0 spiro atoms. The summed E-state index contributed by atoms with van der Waals surface area (Å²) in [7, 11) is 0. The highest BCUT2D eigenvalue weighted by Crippen LogP contribution is 2.02. The van der Waals surface area contributed by atoms with E-state index in [9.17, 15) is 0 Å². The first-order valence-corrected chi connectivity index (χ1v) is 2.65. The summed E-state index contributed by atoms with van der Waals surface area (Å²) >= 11 is 0. The van der Waals surface area contributed by atoms with E-state index < -0.39 is 0 Å². The monoisotopic (exact) mass is 116 g/mol. The van der Waals surface area contributed by atoms with Gasteiger partial charge in [0.15, 0.2) is 0 Å². The normalized spacial score (nSPS) is 7.89. The third kappa shape index (κ3) is 1.50. The summed E-state index contributed by atoms with van der Waals surface area (Å²) in [6.07, 6.45) is 4.94. The van der Waals surface area contributed by atoms with Crippen LogP contribution in [-0.4, -0.2) is 0 Å². The summed E-state index contributed by atoms with van der Waals surface area (Å²) in [5.41, 5.74) is 0.833. The van der Waals surface area contributed by atoms with E-state index in [0.29, 0.717) is 0 Å². The molecular formula is C8H6N. The molecule has 1 nitrogen and oxygen atoms in total. The van der Waals surface area contributed by atoms with Crippen molar-refractivity contribution in [2.24, 2.45) is 0 Å². The number of hydrogen-bond acceptors (Lipinski definition) is 0. The number of nitrogens with zero attached hydrogens (tertiary/aromatic N) is 1. The van der Waals surface area contributed by atoms with E-state index in [1.54, 1.807) is 0 Å². The molecule has 1 aromatic rings. The van der Waals surface area contributed by atoms with Crippen LogP contribution in [0.15, 0.2) is 30.3 Å². The van der Waals surface area contributed by atoms with Crippen LogP contribution in [-0.2, 0) is 0 Å². The van der Waals surface area contributed by atoms with Gasteiger partial charge >= 0.3 is 0 Å². The van der Waals surface area contributed by atoms with E-state index in [1.165, 1.54) is 0 Å². The van der Waals surface area contributed by atoms with Gasteiger partial charge in [0.1, 0.15) is 0 Å². The summed E-state index contributed by atoms with van der Waals surface area (Å²) in [6.45, 7) is 0. The van der Waals surface area contributed by atoms with Gasteiger partial charge in [0.2, 0.25) is 0 Å². The van der Waals surface area contributed by atoms with Crippen LogP contribution in [0.5, 0.6) is 0 Å². The molecule has 9 heavy (non-hydrogen) atoms. The van der Waals surface area contributed by atoms with Gasteiger partial charge in [-0.25, -0.2) is 0 Å². The molecule has 0 fully saturated rings. The predicted octanol–water partition coefficient (Wildman–Crippen LogP) is 1.51. The molecule has 0 aliphatic carbocycles. The fraction of sp³-hybridized carbons (Fsp3) is 0. The van der Waals surface area contributed by atoms with Gasteiger partial charge in [0, 0.05) is 6.04 Å². The molecule has 0 aliphatic rings. The van der Waals surface area contributed by atoms with E-state index >= 15 is 0 Å². The summed E-state index contributed by atoms with van der Waals surface area (Å²) in [5, 5.41) is 3.73. The molecule has 0 amide bonds. The first-order valence-electron chi connectivity index (χ1n) is 2.65. The third-order valence-corrected chi connectivity index (χ3v) is 0.950. The lowest BCUT2D eigenvalue weighted by Crippen LogP contribution is -1.82. The van der Waals surface area contributed by atoms with Crippen LogP contribution in [0.1, 0.15) is 0 Å². The molecule has 1 heteroatoms. The summed E-state index contributed by atoms with van der Waals surface area (Å²) < 4.78 is 0. The standard InChI is InChI=1S/C8H6N/c1-2-9-8-6-4-3-5-7-8/h1,3-7H. The van der Waals surface area contributed by atoms with Gasteiger partial charge in [-0.05, 0) is 12.1 Å². The van der Waals surface area contributed by atoms with E-state index in [4.69, 9.17) is 6.42 Å². The molecule has 0 bridgehead atoms. The van der Waals surface area contributed by atoms with Crippen LogP contribution in [0.3, 0.4) is 0 Å². The van der Waals surface area contributed by atoms with Crippen molar-refractivity contribution in [1.29, 1.82) is 0 Å². The van der Waals surface area contributed by atoms with Gasteiger partial charge in [-0.1, -0.05) is 24.6 Å². The molecule has 1 aromatic carbocycles. The average molecular weight is 116 g/mol. The topological polar surface area (TPSA) is 14.1 Å². The van der Waals surface area contributed by atoms with Gasteiger partial charge in [-0.3, -0.25) is 0 Å². The Morgan fingerprint density at radius 3 is 2.44 bits per heavy atom. The van der Waals surface area contributed by atoms with E-state index in [-0.39, 0.29) is 0 Å². The van der Waals surface area contributed by atoms with Gasteiger partial charge in [0.25, 0.3) is 0 Å². The minimum absolute atomic E-state index is 0.833. The van der Waals surface area contributed by atoms with Crippen LogP contribution < -0.4 is 5.32 Å². The Labute approximate surface area is 54.7 Å². The van der Waals surface area contributed by atoms with Crippen molar-refractivity contribution in [2.45, 2.75) is 0 Å². The number of hydrogen-bond donors (Lipinski definition) is 0. The maximum Gasteiger partial charge on any atom is 0.0737 e. The van der Waals surface area contributed by atoms with Crippen molar-refractivity contribution < 1.29 is 0 Å². The van der Waals surface area contributed by atoms with Gasteiger partial charge in [0.05, 0.1) is 5.69 Å². The fourth-order valence-corrected chi connectivity index (χ4v) is 0.577. The molecule has 0 unspecified atom stereocenters. The van der Waals surface area contributed by atoms with Crippen LogP contribution >= 0.6 is 0 Å². The fourth-order valence-electron chi connectivity index (χ4n) is 0.577. The highest BCUT2D eigenvalue weighted by atomic mass is 14.8. The lowest BCUT2D eigenvalue weighted by Gasteiger charge is -1.89. The Hall–Kier alpha value is -1.42. The summed E-state index contributed by atoms with van der Waals surface area (Å²) in [6, 6.07) is 11.7. The summed E-state index contributed by atoms with van der Waals surface area (Å²) in [4.78, 5) is 0. The molecular weight excluding hydrogens is 110 g/mol. The first kappa shape index (κ1) is 5.71. The van der Waals surface area contributed by atoms with E-state index in [1.807, 2.05) is 30.3 Å². The van der Waals surface area contributed by atoms with Gasteiger partial charge < -0.3 is 0 Å². The Kier molecular flexibility index (Phi) is 1.77. The van der Waals surface area contributed by atoms with Crippen LogP contribution in [0.2, 0.25) is 0 Å². The first-order chi connectivity index (χ1) is 4.43. The second-order valence-electron chi connectivity index (χ2n) is 1.58. The number of rotatable bonds is 1. The number of para-hydroxylation sites is 1. The van der Waals surface area contributed by atoms with Crippen LogP contribution in [0.25, 0.3) is 0 Å². The van der Waals surface area contributed by atoms with Crippen LogP contribution in [0, 0.1) is 12.5 Å². The minimum atomic E-state index is 0.833. The SMILES string of the molecule is C#C[N]c1ccccc1. The molecule has 0 aromatic heterocycles. The number of benzene rings is 1. The predicted molar refractivity (Wildman–Crippen MR) is 37.1 cm³/mol. The van der Waals surface area contributed by atoms with E-state index in [0.717, 1.165) is 5.69 Å². The molecule has 0 saturated heterocycles. The lowest BCUT2D eigenvalue weighted by atomic mass is 10.3. The smallest absolute Gasteiger partial charge is 0.0737 e. The molecule has 0 atom stereocenters. The van der Waals surface area contributed by atoms with Crippen molar-refractivity contribution in [3.8, 4) is 12.5 Å². The van der Waals surface area contributed by atoms with E-state index in [2.05, 4.69) is 11.4 Å². The van der Waals surface area contributed by atoms with Gasteiger partial charge in [-0.2, -0.15) is 5.32 Å². The molecule has 0 N–H and O–H groups in total. The Balaban J connectivity index is 2.76. The number of terminal acetylenes is 1. The van der Waals surface area contributed by atoms with Crippen molar-refractivity contribution in [3.05, 3.63) is 30.3 Å². The highest BCUT2D eigenvalue weighted by molar-refractivity contribution is 5.36. The third-order valence-electron chi connectivity index (χ3n) is 0.950. The second-order valence-corrected chi connectivity index (χ2v) is 1.58. The van der Waals surface area contributed by atoms with Gasteiger partial charge in [-0.15, -0.1) is 0 Å². The maximum absolute atomic E-state index is 4.94. The lowest BCUT2D eigenvalue weighted by molar-refractivity contribution is 1.24. The molecule has 0 aliphatic heterocycles. The van der Waals surface area contributed by atoms with Crippen molar-refractivity contribution >= 4 is 5.69 Å². The van der Waals surface area contributed by atoms with Crippen LogP contribution in [0.4, 0.5) is 5.69 Å². The van der Waals surface area contributed by atoms with Crippen molar-refractivity contribution in [1.82, 2.24) is 5.32 Å². The molecule has 1 radical (unpaired) electrons. The molecule has 0 heterocycles. The van der Waals surface area contributed by atoms with Crippen molar-refractivity contribution in [3.63, 3.8) is 0 Å². The van der Waals surface area contributed by atoms with Crippen molar-refractivity contribution in [2.75, 3.05) is 0 Å². The highest BCUT2D eigenvalue weighted by Gasteiger charge is 1.83. The molecule has 1 rings (SSSR count). The Bertz CT molecular complexity index is 208. The minimum Gasteiger partial charge on any atom is -0.198 e. The Morgan fingerprint density at radius 1 is 1.22 bits per heavy atom. The molecule has 43 valence electrons. The summed E-state index contributed by atoms with van der Waals surface area (Å²) in [5.74, 6) is 0. The Morgan fingerprint density at radius 2 is 1.89 bits per heavy atom. The maximum atomic E-state index is 4.94. The zero-order valence-corrected chi connectivity index (χ0v) is 4.91. The molecule has 0 saturated carbocycles. The zero-order chi connectivity index (χ0) is 6.53. The second kappa shape index (κ2) is 2.78. The largest absolute Gasteiger partial charge is 0.198 e. The zero-order valence-electron chi connectivity index (χ0n) is 4.91. The quantitative estimate of drug-likeness (QED) is 0.494.